The molecule has 1 aromatic carbocycles. The van der Waals surface area contributed by atoms with Crippen LogP contribution < -0.4 is 0 Å². The Hall–Kier alpha value is -0.600. The molecule has 0 spiro atoms. The third-order valence-electron chi connectivity index (χ3n) is 2.04. The Kier molecular flexibility index (Phi) is 2.26. The highest BCUT2D eigenvalue weighted by Gasteiger charge is 2.05. The van der Waals surface area contributed by atoms with Gasteiger partial charge in [-0.2, -0.15) is 0 Å². The van der Waals surface area contributed by atoms with Gasteiger partial charge < -0.3 is 0 Å². The highest BCUT2D eigenvalue weighted by atomic mass is 79.9. The lowest BCUT2D eigenvalue weighted by Crippen LogP contribution is -1.82. The number of benzene rings is 1. The van der Waals surface area contributed by atoms with Crippen LogP contribution in [-0.2, 0) is 0 Å². The third kappa shape index (κ3) is 1.45. The minimum atomic E-state index is 0.730. The molecular weight excluding hydrogens is 249 g/mol. The molecule has 0 saturated heterocycles. The monoisotopic (exact) mass is 255 g/mol. The van der Waals surface area contributed by atoms with Crippen LogP contribution in [0.4, 0.5) is 0 Å². The van der Waals surface area contributed by atoms with Gasteiger partial charge in [0.1, 0.15) is 0 Å². The molecule has 0 aliphatic heterocycles. The van der Waals surface area contributed by atoms with Crippen molar-refractivity contribution in [3.05, 3.63) is 39.6 Å². The summed E-state index contributed by atoms with van der Waals surface area (Å²) in [4.78, 5) is 4.05. The Morgan fingerprint density at radius 3 is 2.92 bits per heavy atom. The van der Waals surface area contributed by atoms with Crippen molar-refractivity contribution in [2.45, 2.75) is 6.92 Å². The van der Waals surface area contributed by atoms with Crippen LogP contribution in [0.3, 0.4) is 0 Å². The minimum absolute atomic E-state index is 0.730. The van der Waals surface area contributed by atoms with E-state index in [0.29, 0.717) is 0 Å². The smallest absolute Gasteiger partial charge is 0.0642 e. The van der Waals surface area contributed by atoms with Crippen molar-refractivity contribution in [2.75, 3.05) is 0 Å². The number of pyridine rings is 1. The van der Waals surface area contributed by atoms with Crippen molar-refractivity contribution in [3.8, 4) is 0 Å². The van der Waals surface area contributed by atoms with Gasteiger partial charge in [-0.1, -0.05) is 11.6 Å². The van der Waals surface area contributed by atoms with Gasteiger partial charge in [0, 0.05) is 22.3 Å². The van der Waals surface area contributed by atoms with Crippen LogP contribution in [0.25, 0.3) is 10.8 Å². The van der Waals surface area contributed by atoms with Gasteiger partial charge in [-0.15, -0.1) is 0 Å². The normalized spacial score (nSPS) is 10.7. The molecule has 0 atom stereocenters. The van der Waals surface area contributed by atoms with E-state index >= 15 is 0 Å². The summed E-state index contributed by atoms with van der Waals surface area (Å²) < 4.78 is 0.923. The lowest BCUT2D eigenvalue weighted by Gasteiger charge is -2.05. The first-order valence-electron chi connectivity index (χ1n) is 3.88. The molecule has 0 radical (unpaired) electrons. The SMILES string of the molecule is Cc1cc(Br)c(Cl)c2cnccc12. The topological polar surface area (TPSA) is 12.9 Å². The molecular formula is C10H7BrClN. The molecule has 3 heteroatoms. The van der Waals surface area contributed by atoms with E-state index in [-0.39, 0.29) is 0 Å². The van der Waals surface area contributed by atoms with E-state index in [1.54, 1.807) is 12.4 Å². The number of halogens is 2. The first-order chi connectivity index (χ1) is 6.20. The molecule has 0 fully saturated rings. The Bertz CT molecular complexity index is 468. The van der Waals surface area contributed by atoms with Gasteiger partial charge in [-0.3, -0.25) is 4.98 Å². The van der Waals surface area contributed by atoms with Gasteiger partial charge in [-0.05, 0) is 45.9 Å². The molecule has 0 amide bonds. The summed E-state index contributed by atoms with van der Waals surface area (Å²) in [5, 5.41) is 2.88. The molecule has 0 saturated carbocycles. The molecule has 1 nitrogen and oxygen atoms in total. The first kappa shape index (κ1) is 8.97. The molecule has 0 N–H and O–H groups in total. The molecule has 0 aliphatic rings. The molecule has 66 valence electrons. The second-order valence-electron chi connectivity index (χ2n) is 2.91. The van der Waals surface area contributed by atoms with Crippen molar-refractivity contribution in [1.29, 1.82) is 0 Å². The van der Waals surface area contributed by atoms with Crippen molar-refractivity contribution in [3.63, 3.8) is 0 Å². The van der Waals surface area contributed by atoms with E-state index in [4.69, 9.17) is 11.6 Å². The standard InChI is InChI=1S/C10H7BrClN/c1-6-4-9(11)10(12)8-5-13-3-2-7(6)8/h2-5H,1H3. The number of hydrogen-bond donors (Lipinski definition) is 0. The number of fused-ring (bicyclic) bond motifs is 1. The first-order valence-corrected chi connectivity index (χ1v) is 5.05. The zero-order valence-corrected chi connectivity index (χ0v) is 9.35. The van der Waals surface area contributed by atoms with Gasteiger partial charge in [0.25, 0.3) is 0 Å². The minimum Gasteiger partial charge on any atom is -0.264 e. The fourth-order valence-electron chi connectivity index (χ4n) is 1.37. The maximum Gasteiger partial charge on any atom is 0.0642 e. The number of nitrogens with zero attached hydrogens (tertiary/aromatic N) is 1. The fourth-order valence-corrected chi connectivity index (χ4v) is 2.14. The summed E-state index contributed by atoms with van der Waals surface area (Å²) in [5.41, 5.74) is 1.20. The number of aromatic nitrogens is 1. The number of hydrogen-bond acceptors (Lipinski definition) is 1. The van der Waals surface area contributed by atoms with E-state index in [1.807, 2.05) is 12.1 Å². The van der Waals surface area contributed by atoms with E-state index in [0.717, 1.165) is 20.3 Å². The lowest BCUT2D eigenvalue weighted by molar-refractivity contribution is 1.35. The van der Waals surface area contributed by atoms with Crippen LogP contribution in [0.15, 0.2) is 29.0 Å². The number of rotatable bonds is 0. The molecule has 1 heterocycles. The number of aryl methyl sites for hydroxylation is 1. The maximum atomic E-state index is 6.11. The largest absolute Gasteiger partial charge is 0.264 e. The summed E-state index contributed by atoms with van der Waals surface area (Å²) >= 11 is 9.52. The van der Waals surface area contributed by atoms with E-state index in [2.05, 4.69) is 27.8 Å². The van der Waals surface area contributed by atoms with Crippen LogP contribution >= 0.6 is 27.5 Å². The van der Waals surface area contributed by atoms with Crippen LogP contribution in [0, 0.1) is 6.92 Å². The molecule has 13 heavy (non-hydrogen) atoms. The Labute approximate surface area is 89.9 Å². The fraction of sp³-hybridized carbons (Fsp3) is 0.100. The van der Waals surface area contributed by atoms with Crippen molar-refractivity contribution < 1.29 is 0 Å². The van der Waals surface area contributed by atoms with Crippen LogP contribution in [-0.4, -0.2) is 4.98 Å². The van der Waals surface area contributed by atoms with Gasteiger partial charge in [0.05, 0.1) is 5.02 Å². The van der Waals surface area contributed by atoms with Crippen LogP contribution in [0.2, 0.25) is 5.02 Å². The Morgan fingerprint density at radius 2 is 2.15 bits per heavy atom. The van der Waals surface area contributed by atoms with Gasteiger partial charge in [0.2, 0.25) is 0 Å². The molecule has 0 aliphatic carbocycles. The van der Waals surface area contributed by atoms with Gasteiger partial charge in [-0.25, -0.2) is 0 Å². The summed E-state index contributed by atoms with van der Waals surface area (Å²) in [5.74, 6) is 0. The predicted molar refractivity (Wildman–Crippen MR) is 59.2 cm³/mol. The molecule has 2 rings (SSSR count). The second kappa shape index (κ2) is 3.28. The Balaban J connectivity index is 2.97. The van der Waals surface area contributed by atoms with Gasteiger partial charge in [0.15, 0.2) is 0 Å². The zero-order chi connectivity index (χ0) is 9.42. The average Bonchev–Trinajstić information content (AvgIpc) is 2.15. The van der Waals surface area contributed by atoms with E-state index in [9.17, 15) is 0 Å². The summed E-state index contributed by atoms with van der Waals surface area (Å²) in [6.07, 6.45) is 3.56. The predicted octanol–water partition coefficient (Wildman–Crippen LogP) is 3.96. The average molecular weight is 257 g/mol. The summed E-state index contributed by atoms with van der Waals surface area (Å²) in [7, 11) is 0. The molecule has 0 unspecified atom stereocenters. The summed E-state index contributed by atoms with van der Waals surface area (Å²) in [6.45, 7) is 2.06. The van der Waals surface area contributed by atoms with E-state index in [1.165, 1.54) is 5.56 Å². The van der Waals surface area contributed by atoms with Crippen LogP contribution in [0.5, 0.6) is 0 Å². The maximum absolute atomic E-state index is 6.11. The summed E-state index contributed by atoms with van der Waals surface area (Å²) in [6, 6.07) is 3.99. The van der Waals surface area contributed by atoms with Crippen LogP contribution in [0.1, 0.15) is 5.56 Å². The highest BCUT2D eigenvalue weighted by molar-refractivity contribution is 9.10. The highest BCUT2D eigenvalue weighted by Crippen LogP contribution is 2.32. The molecule has 1 aromatic heterocycles. The van der Waals surface area contributed by atoms with Crippen molar-refractivity contribution in [2.24, 2.45) is 0 Å². The van der Waals surface area contributed by atoms with Gasteiger partial charge >= 0.3 is 0 Å². The third-order valence-corrected chi connectivity index (χ3v) is 3.30. The Morgan fingerprint density at radius 1 is 1.38 bits per heavy atom. The van der Waals surface area contributed by atoms with E-state index < -0.39 is 0 Å². The van der Waals surface area contributed by atoms with Crippen molar-refractivity contribution in [1.82, 2.24) is 4.98 Å². The molecule has 2 aromatic rings. The molecule has 0 bridgehead atoms. The van der Waals surface area contributed by atoms with Crippen molar-refractivity contribution >= 4 is 38.3 Å². The lowest BCUT2D eigenvalue weighted by atomic mass is 10.1. The zero-order valence-electron chi connectivity index (χ0n) is 7.01. The quantitative estimate of drug-likeness (QED) is 0.695. The second-order valence-corrected chi connectivity index (χ2v) is 4.14.